The molecule has 2 aromatic carbocycles. The van der Waals surface area contributed by atoms with Crippen LogP contribution in [0, 0.1) is 0 Å². The second kappa shape index (κ2) is 10.8. The summed E-state index contributed by atoms with van der Waals surface area (Å²) in [5.74, 6) is 3.74. The molecule has 0 radical (unpaired) electrons. The first-order valence-electron chi connectivity index (χ1n) is 8.86. The van der Waals surface area contributed by atoms with E-state index in [0.29, 0.717) is 25.7 Å². The van der Waals surface area contributed by atoms with Gasteiger partial charge < -0.3 is 29.6 Å². The third-order valence-corrected chi connectivity index (χ3v) is 4.11. The summed E-state index contributed by atoms with van der Waals surface area (Å²) in [7, 11) is 3.38. The number of hydrogen-bond donors (Lipinski definition) is 2. The summed E-state index contributed by atoms with van der Waals surface area (Å²) in [6.45, 7) is 4.06. The fraction of sp³-hybridized carbons (Fsp3) is 0.350. The third-order valence-electron chi connectivity index (χ3n) is 4.11. The van der Waals surface area contributed by atoms with Crippen molar-refractivity contribution >= 4 is 29.9 Å². The molecule has 0 unspecified atom stereocenters. The number of methoxy groups -OCH3 is 1. The van der Waals surface area contributed by atoms with Gasteiger partial charge in [-0.3, -0.25) is 4.99 Å². The molecule has 1 heterocycles. The van der Waals surface area contributed by atoms with Crippen LogP contribution in [0.5, 0.6) is 23.0 Å². The molecular formula is C20H26IN3O4. The normalized spacial score (nSPS) is 12.2. The zero-order valence-corrected chi connectivity index (χ0v) is 18.6. The van der Waals surface area contributed by atoms with E-state index in [-0.39, 0.29) is 30.8 Å². The van der Waals surface area contributed by atoms with Gasteiger partial charge in [0.15, 0.2) is 29.0 Å². The fourth-order valence-electron chi connectivity index (χ4n) is 2.74. The van der Waals surface area contributed by atoms with Crippen molar-refractivity contribution in [1.82, 2.24) is 10.6 Å². The zero-order chi connectivity index (χ0) is 19.1. The number of ether oxygens (including phenoxy) is 4. The van der Waals surface area contributed by atoms with Gasteiger partial charge >= 0.3 is 0 Å². The average Bonchev–Trinajstić information content (AvgIpc) is 3.16. The first kappa shape index (κ1) is 21.9. The number of guanidine groups is 1. The molecule has 0 aromatic heterocycles. The highest BCUT2D eigenvalue weighted by molar-refractivity contribution is 14.0. The Morgan fingerprint density at radius 1 is 1.00 bits per heavy atom. The number of nitrogens with one attached hydrogen (secondary N) is 2. The van der Waals surface area contributed by atoms with Crippen LogP contribution in [-0.4, -0.2) is 33.5 Å². The minimum atomic E-state index is 0. The van der Waals surface area contributed by atoms with Crippen LogP contribution in [0.2, 0.25) is 0 Å². The van der Waals surface area contributed by atoms with Crippen molar-refractivity contribution in [2.24, 2.45) is 4.99 Å². The van der Waals surface area contributed by atoms with Crippen LogP contribution in [0.3, 0.4) is 0 Å². The lowest BCUT2D eigenvalue weighted by Crippen LogP contribution is -2.36. The molecule has 0 bridgehead atoms. The van der Waals surface area contributed by atoms with E-state index in [1.54, 1.807) is 14.2 Å². The Balaban J connectivity index is 0.00000280. The lowest BCUT2D eigenvalue weighted by Gasteiger charge is -2.14. The van der Waals surface area contributed by atoms with E-state index in [9.17, 15) is 0 Å². The van der Waals surface area contributed by atoms with Gasteiger partial charge in [-0.2, -0.15) is 0 Å². The van der Waals surface area contributed by atoms with Crippen molar-refractivity contribution in [1.29, 1.82) is 0 Å². The van der Waals surface area contributed by atoms with E-state index in [1.807, 2.05) is 43.3 Å². The smallest absolute Gasteiger partial charge is 0.231 e. The zero-order valence-electron chi connectivity index (χ0n) is 16.3. The van der Waals surface area contributed by atoms with Gasteiger partial charge in [0.1, 0.15) is 0 Å². The second-order valence-corrected chi connectivity index (χ2v) is 5.89. The monoisotopic (exact) mass is 499 g/mol. The molecule has 7 nitrogen and oxygen atoms in total. The highest BCUT2D eigenvalue weighted by Crippen LogP contribution is 2.32. The molecule has 8 heteroatoms. The molecule has 0 saturated carbocycles. The summed E-state index contributed by atoms with van der Waals surface area (Å²) in [6, 6.07) is 11.8. The Morgan fingerprint density at radius 3 is 2.36 bits per heavy atom. The number of benzene rings is 2. The predicted octanol–water partition coefficient (Wildman–Crippen LogP) is 3.31. The van der Waals surface area contributed by atoms with Crippen LogP contribution in [-0.2, 0) is 13.1 Å². The van der Waals surface area contributed by atoms with E-state index in [1.165, 1.54) is 0 Å². The second-order valence-electron chi connectivity index (χ2n) is 5.89. The molecule has 0 saturated heterocycles. The fourth-order valence-corrected chi connectivity index (χ4v) is 2.74. The molecule has 0 atom stereocenters. The number of aliphatic imine (C=N–C) groups is 1. The lowest BCUT2D eigenvalue weighted by molar-refractivity contribution is 0.174. The first-order chi connectivity index (χ1) is 13.2. The van der Waals surface area contributed by atoms with Gasteiger partial charge in [-0.25, -0.2) is 0 Å². The van der Waals surface area contributed by atoms with Crippen LogP contribution < -0.4 is 29.6 Å². The molecule has 2 aromatic rings. The van der Waals surface area contributed by atoms with Gasteiger partial charge in [-0.1, -0.05) is 12.1 Å². The Hall–Kier alpha value is -2.36. The number of fused-ring (bicyclic) bond motifs is 1. The van der Waals surface area contributed by atoms with Gasteiger partial charge in [0.2, 0.25) is 6.79 Å². The van der Waals surface area contributed by atoms with Crippen molar-refractivity contribution in [3.63, 3.8) is 0 Å². The quantitative estimate of drug-likeness (QED) is 0.346. The number of hydrogen-bond acceptors (Lipinski definition) is 5. The highest BCUT2D eigenvalue weighted by Gasteiger charge is 2.13. The SMILES string of the molecule is CCOc1cc(CNC(=NC)NCc2ccc3c(c2)OCO3)ccc1OC.I. The Kier molecular flexibility index (Phi) is 8.49. The molecule has 1 aliphatic heterocycles. The Bertz CT molecular complexity index is 814. The summed E-state index contributed by atoms with van der Waals surface area (Å²) >= 11 is 0. The van der Waals surface area contributed by atoms with Crippen LogP contribution in [0.25, 0.3) is 0 Å². The maximum atomic E-state index is 5.62. The van der Waals surface area contributed by atoms with Crippen molar-refractivity contribution in [3.05, 3.63) is 47.5 Å². The Labute approximate surface area is 182 Å². The van der Waals surface area contributed by atoms with Crippen molar-refractivity contribution < 1.29 is 18.9 Å². The first-order valence-corrected chi connectivity index (χ1v) is 8.86. The number of halogens is 1. The lowest BCUT2D eigenvalue weighted by atomic mass is 10.2. The van der Waals surface area contributed by atoms with Gasteiger partial charge in [0.25, 0.3) is 0 Å². The average molecular weight is 499 g/mol. The highest BCUT2D eigenvalue weighted by atomic mass is 127. The van der Waals surface area contributed by atoms with Gasteiger partial charge in [0, 0.05) is 20.1 Å². The Morgan fingerprint density at radius 2 is 1.68 bits per heavy atom. The van der Waals surface area contributed by atoms with Gasteiger partial charge in [-0.05, 0) is 42.3 Å². The molecule has 0 spiro atoms. The minimum Gasteiger partial charge on any atom is -0.493 e. The summed E-state index contributed by atoms with van der Waals surface area (Å²) in [6.07, 6.45) is 0. The van der Waals surface area contributed by atoms with Crippen LogP contribution in [0.4, 0.5) is 0 Å². The summed E-state index contributed by atoms with van der Waals surface area (Å²) in [4.78, 5) is 4.27. The standard InChI is InChI=1S/C20H25N3O4.HI/c1-4-25-18-9-14(5-7-16(18)24-3)11-22-20(21-2)23-12-15-6-8-17-19(10-15)27-13-26-17;/h5-10H,4,11-13H2,1-3H3,(H2,21,22,23);1H. The third kappa shape index (κ3) is 5.57. The summed E-state index contributed by atoms with van der Waals surface area (Å²) in [5, 5.41) is 6.60. The molecule has 2 N–H and O–H groups in total. The predicted molar refractivity (Wildman–Crippen MR) is 119 cm³/mol. The molecule has 1 aliphatic rings. The van der Waals surface area contributed by atoms with E-state index in [0.717, 1.165) is 34.1 Å². The van der Waals surface area contributed by atoms with Gasteiger partial charge in [-0.15, -0.1) is 24.0 Å². The molecule has 3 rings (SSSR count). The van der Waals surface area contributed by atoms with Crippen LogP contribution in [0.1, 0.15) is 18.1 Å². The van der Waals surface area contributed by atoms with Gasteiger partial charge in [0.05, 0.1) is 13.7 Å². The van der Waals surface area contributed by atoms with E-state index in [4.69, 9.17) is 18.9 Å². The molecule has 0 aliphatic carbocycles. The maximum absolute atomic E-state index is 5.62. The molecule has 152 valence electrons. The summed E-state index contributed by atoms with van der Waals surface area (Å²) in [5.41, 5.74) is 2.16. The molecule has 0 fully saturated rings. The number of rotatable bonds is 7. The van der Waals surface area contributed by atoms with Crippen molar-refractivity contribution in [2.75, 3.05) is 27.6 Å². The molecule has 28 heavy (non-hydrogen) atoms. The largest absolute Gasteiger partial charge is 0.493 e. The number of nitrogens with zero attached hydrogens (tertiary/aromatic N) is 1. The van der Waals surface area contributed by atoms with Crippen LogP contribution in [0.15, 0.2) is 41.4 Å². The van der Waals surface area contributed by atoms with E-state index >= 15 is 0 Å². The van der Waals surface area contributed by atoms with Crippen LogP contribution >= 0.6 is 24.0 Å². The van der Waals surface area contributed by atoms with Crippen molar-refractivity contribution in [3.8, 4) is 23.0 Å². The topological polar surface area (TPSA) is 73.3 Å². The minimum absolute atomic E-state index is 0. The molecular weight excluding hydrogens is 473 g/mol. The molecule has 0 amide bonds. The maximum Gasteiger partial charge on any atom is 0.231 e. The van der Waals surface area contributed by atoms with E-state index < -0.39 is 0 Å². The summed E-state index contributed by atoms with van der Waals surface area (Å²) < 4.78 is 21.7. The van der Waals surface area contributed by atoms with Crippen molar-refractivity contribution in [2.45, 2.75) is 20.0 Å². The van der Waals surface area contributed by atoms with E-state index in [2.05, 4.69) is 15.6 Å².